The highest BCUT2D eigenvalue weighted by molar-refractivity contribution is 7.92. The van der Waals surface area contributed by atoms with Crippen LogP contribution >= 0.6 is 11.6 Å². The lowest BCUT2D eigenvalue weighted by atomic mass is 10.1. The maximum absolute atomic E-state index is 12.9. The maximum Gasteiger partial charge on any atom is 0.264 e. The first kappa shape index (κ1) is 25.4. The molecule has 1 amide bonds. The lowest BCUT2D eigenvalue weighted by molar-refractivity contribution is -0.116. The summed E-state index contributed by atoms with van der Waals surface area (Å²) in [6.45, 7) is 3.15. The third-order valence-corrected chi connectivity index (χ3v) is 7.53. The summed E-state index contributed by atoms with van der Waals surface area (Å²) in [6, 6.07) is 10.6. The fraction of sp³-hybridized carbons (Fsp3) is 0.190. The molecular weight excluding hydrogens is 502 g/mol. The van der Waals surface area contributed by atoms with Gasteiger partial charge in [0, 0.05) is 23.1 Å². The van der Waals surface area contributed by atoms with Crippen molar-refractivity contribution in [1.82, 2.24) is 9.97 Å². The van der Waals surface area contributed by atoms with E-state index in [0.29, 0.717) is 10.6 Å². The molecule has 0 fully saturated rings. The smallest absolute Gasteiger partial charge is 0.264 e. The first-order chi connectivity index (χ1) is 15.9. The molecule has 0 spiro atoms. The standard InChI is InChI=1S/C21H22ClN5O5S2/c1-14-5-6-16(22)13-19(14)27(33(3,29)30)15(2)20(28)25-17-7-9-18(10-8-17)34(31,32)26-21-23-11-4-12-24-21/h4-13,15H,1-3H3,(H,25,28)(H,23,24,26)/t15-/m0/s1. The van der Waals surface area contributed by atoms with Crippen LogP contribution in [0.25, 0.3) is 0 Å². The molecule has 10 nitrogen and oxygen atoms in total. The lowest BCUT2D eigenvalue weighted by Crippen LogP contribution is -2.45. The van der Waals surface area contributed by atoms with Gasteiger partial charge in [0.2, 0.25) is 21.9 Å². The van der Waals surface area contributed by atoms with Crippen LogP contribution < -0.4 is 14.3 Å². The number of sulfonamides is 2. The number of nitrogens with one attached hydrogen (secondary N) is 2. The van der Waals surface area contributed by atoms with Crippen LogP contribution in [0.1, 0.15) is 12.5 Å². The molecule has 3 aromatic rings. The number of nitrogens with zero attached hydrogens (tertiary/aromatic N) is 3. The second-order valence-corrected chi connectivity index (χ2v) is 11.3. The predicted molar refractivity (Wildman–Crippen MR) is 131 cm³/mol. The fourth-order valence-electron chi connectivity index (χ4n) is 3.10. The number of hydrogen-bond donors (Lipinski definition) is 2. The van der Waals surface area contributed by atoms with Crippen LogP contribution in [-0.4, -0.2) is 45.0 Å². The van der Waals surface area contributed by atoms with Crippen molar-refractivity contribution in [3.05, 3.63) is 71.5 Å². The van der Waals surface area contributed by atoms with Gasteiger partial charge in [-0.1, -0.05) is 17.7 Å². The molecule has 0 unspecified atom stereocenters. The number of carbonyl (C=O) groups is 1. The van der Waals surface area contributed by atoms with Crippen LogP contribution in [0.15, 0.2) is 65.8 Å². The van der Waals surface area contributed by atoms with Gasteiger partial charge in [0.1, 0.15) is 6.04 Å². The van der Waals surface area contributed by atoms with Crippen molar-refractivity contribution in [3.63, 3.8) is 0 Å². The van der Waals surface area contributed by atoms with Crippen LogP contribution in [0.2, 0.25) is 5.02 Å². The van der Waals surface area contributed by atoms with Crippen molar-refractivity contribution in [3.8, 4) is 0 Å². The first-order valence-electron chi connectivity index (χ1n) is 9.85. The molecule has 0 aliphatic heterocycles. The fourth-order valence-corrected chi connectivity index (χ4v) is 5.44. The monoisotopic (exact) mass is 523 g/mol. The molecule has 2 N–H and O–H groups in total. The molecule has 0 radical (unpaired) electrons. The van der Waals surface area contributed by atoms with E-state index < -0.39 is 32.0 Å². The first-order valence-corrected chi connectivity index (χ1v) is 13.6. The summed E-state index contributed by atoms with van der Waals surface area (Å²) in [4.78, 5) is 20.5. The number of anilines is 3. The minimum atomic E-state index is -3.94. The van der Waals surface area contributed by atoms with E-state index in [0.717, 1.165) is 10.6 Å². The van der Waals surface area contributed by atoms with Crippen LogP contribution in [0, 0.1) is 6.92 Å². The molecule has 0 aliphatic carbocycles. The van der Waals surface area contributed by atoms with Gasteiger partial charge in [-0.15, -0.1) is 0 Å². The minimum Gasteiger partial charge on any atom is -0.324 e. The van der Waals surface area contributed by atoms with Gasteiger partial charge in [0.25, 0.3) is 10.0 Å². The molecule has 3 rings (SSSR count). The molecule has 0 saturated carbocycles. The lowest BCUT2D eigenvalue weighted by Gasteiger charge is -2.29. The molecule has 1 heterocycles. The van der Waals surface area contributed by atoms with Gasteiger partial charge in [-0.25, -0.2) is 31.5 Å². The second kappa shape index (κ2) is 9.95. The largest absolute Gasteiger partial charge is 0.324 e. The second-order valence-electron chi connectivity index (χ2n) is 7.36. The normalized spacial score (nSPS) is 12.6. The third kappa shape index (κ3) is 6.01. The quantitative estimate of drug-likeness (QED) is 0.462. The molecular formula is C21H22ClN5O5S2. The zero-order valence-electron chi connectivity index (χ0n) is 18.4. The Morgan fingerprint density at radius 3 is 2.24 bits per heavy atom. The Labute approximate surface area is 203 Å². The average molecular weight is 524 g/mol. The van der Waals surface area contributed by atoms with Gasteiger partial charge in [-0.3, -0.25) is 9.10 Å². The number of halogens is 1. The molecule has 0 saturated heterocycles. The van der Waals surface area contributed by atoms with Gasteiger partial charge in [-0.05, 0) is 61.9 Å². The van der Waals surface area contributed by atoms with E-state index in [1.165, 1.54) is 49.6 Å². The average Bonchev–Trinajstić information content (AvgIpc) is 2.76. The molecule has 1 atom stereocenters. The summed E-state index contributed by atoms with van der Waals surface area (Å²) in [5.41, 5.74) is 1.19. The highest BCUT2D eigenvalue weighted by atomic mass is 35.5. The number of benzene rings is 2. The van der Waals surface area contributed by atoms with Crippen molar-refractivity contribution in [2.75, 3.05) is 20.6 Å². The van der Waals surface area contributed by atoms with E-state index in [-0.39, 0.29) is 22.2 Å². The summed E-state index contributed by atoms with van der Waals surface area (Å²) in [6.07, 6.45) is 3.80. The van der Waals surface area contributed by atoms with Gasteiger partial charge < -0.3 is 5.32 Å². The summed E-state index contributed by atoms with van der Waals surface area (Å²) in [5, 5.41) is 2.94. The van der Waals surface area contributed by atoms with E-state index in [1.807, 2.05) is 0 Å². The Morgan fingerprint density at radius 1 is 1.03 bits per heavy atom. The van der Waals surface area contributed by atoms with Crippen LogP contribution in [0.4, 0.5) is 17.3 Å². The highest BCUT2D eigenvalue weighted by Gasteiger charge is 2.30. The number of amides is 1. The van der Waals surface area contributed by atoms with E-state index in [9.17, 15) is 21.6 Å². The van der Waals surface area contributed by atoms with Crippen molar-refractivity contribution in [2.45, 2.75) is 24.8 Å². The Morgan fingerprint density at radius 2 is 1.65 bits per heavy atom. The van der Waals surface area contributed by atoms with E-state index in [1.54, 1.807) is 25.1 Å². The van der Waals surface area contributed by atoms with Crippen LogP contribution in [-0.2, 0) is 24.8 Å². The molecule has 0 bridgehead atoms. The third-order valence-electron chi connectivity index (χ3n) is 4.72. The van der Waals surface area contributed by atoms with E-state index in [2.05, 4.69) is 20.0 Å². The summed E-state index contributed by atoms with van der Waals surface area (Å²) in [7, 11) is -7.78. The number of aromatic nitrogens is 2. The molecule has 180 valence electrons. The molecule has 0 aliphatic rings. The summed E-state index contributed by atoms with van der Waals surface area (Å²) < 4.78 is 53.3. The molecule has 34 heavy (non-hydrogen) atoms. The van der Waals surface area contributed by atoms with Crippen molar-refractivity contribution >= 4 is 54.9 Å². The molecule has 1 aromatic heterocycles. The van der Waals surface area contributed by atoms with Crippen LogP contribution in [0.3, 0.4) is 0 Å². The Kier molecular flexibility index (Phi) is 7.44. The molecule has 2 aromatic carbocycles. The number of carbonyl (C=O) groups excluding carboxylic acids is 1. The Bertz CT molecular complexity index is 1400. The van der Waals surface area contributed by atoms with Gasteiger partial charge in [0.15, 0.2) is 0 Å². The Balaban J connectivity index is 1.79. The topological polar surface area (TPSA) is 138 Å². The van der Waals surface area contributed by atoms with Gasteiger partial charge in [-0.2, -0.15) is 0 Å². The van der Waals surface area contributed by atoms with Crippen molar-refractivity contribution in [1.29, 1.82) is 0 Å². The maximum atomic E-state index is 12.9. The Hall–Kier alpha value is -3.22. The number of hydrogen-bond acceptors (Lipinski definition) is 7. The van der Waals surface area contributed by atoms with Crippen molar-refractivity contribution < 1.29 is 21.6 Å². The summed E-state index contributed by atoms with van der Waals surface area (Å²) in [5.74, 6) is -0.693. The SMILES string of the molecule is Cc1ccc(Cl)cc1N([C@@H](C)C(=O)Nc1ccc(S(=O)(=O)Nc2ncccn2)cc1)S(C)(=O)=O. The van der Waals surface area contributed by atoms with Crippen LogP contribution in [0.5, 0.6) is 0 Å². The minimum absolute atomic E-state index is 0.0710. The predicted octanol–water partition coefficient (Wildman–Crippen LogP) is 3.03. The van der Waals surface area contributed by atoms with E-state index >= 15 is 0 Å². The molecule has 13 heteroatoms. The highest BCUT2D eigenvalue weighted by Crippen LogP contribution is 2.28. The van der Waals surface area contributed by atoms with Gasteiger partial charge in [0.05, 0.1) is 16.8 Å². The zero-order valence-corrected chi connectivity index (χ0v) is 20.8. The summed E-state index contributed by atoms with van der Waals surface area (Å²) >= 11 is 6.04. The number of aryl methyl sites for hydroxylation is 1. The van der Waals surface area contributed by atoms with Crippen molar-refractivity contribution in [2.24, 2.45) is 0 Å². The van der Waals surface area contributed by atoms with E-state index in [4.69, 9.17) is 11.6 Å². The zero-order chi connectivity index (χ0) is 25.1. The van der Waals surface area contributed by atoms with Gasteiger partial charge >= 0.3 is 0 Å². The number of rotatable bonds is 8.